The molecule has 0 aromatic rings. The average molecular weight is 481 g/mol. The molecule has 10 heteroatoms. The van der Waals surface area contributed by atoms with E-state index in [4.69, 9.17) is 37.9 Å². The van der Waals surface area contributed by atoms with Gasteiger partial charge in [-0.15, -0.1) is 0 Å². The molecule has 0 aliphatic heterocycles. The number of esters is 2. The van der Waals surface area contributed by atoms with Crippen molar-refractivity contribution in [1.29, 1.82) is 0 Å². The summed E-state index contributed by atoms with van der Waals surface area (Å²) in [6.45, 7) is 13.0. The van der Waals surface area contributed by atoms with Gasteiger partial charge in [0.2, 0.25) is 0 Å². The van der Waals surface area contributed by atoms with E-state index < -0.39 is 5.60 Å². The molecule has 0 amide bonds. The van der Waals surface area contributed by atoms with Crippen LogP contribution in [0.25, 0.3) is 0 Å². The molecule has 196 valence electrons. The summed E-state index contributed by atoms with van der Waals surface area (Å²) in [4.78, 5) is 22.6. The summed E-state index contributed by atoms with van der Waals surface area (Å²) in [6.07, 6.45) is 1.46. The highest BCUT2D eigenvalue weighted by molar-refractivity contribution is 5.70. The molecule has 0 atom stereocenters. The minimum atomic E-state index is -0.469. The molecule has 0 radical (unpaired) electrons. The summed E-state index contributed by atoms with van der Waals surface area (Å²) in [6, 6.07) is 0. The lowest BCUT2D eigenvalue weighted by atomic mass is 10.2. The standard InChI is InChI=1S/C23H44O10/c1-5-6-21(24)32-20-19-31-18-17-30-16-15-29-14-13-28-12-11-27-10-9-26-8-7-22(25)33-23(2,3)4/h5-20H2,1-4H3. The molecule has 10 nitrogen and oxygen atoms in total. The zero-order valence-electron chi connectivity index (χ0n) is 20.9. The van der Waals surface area contributed by atoms with Gasteiger partial charge in [-0.3, -0.25) is 9.59 Å². The normalized spacial score (nSPS) is 11.5. The van der Waals surface area contributed by atoms with E-state index in [0.29, 0.717) is 85.7 Å². The van der Waals surface area contributed by atoms with Gasteiger partial charge in [0.15, 0.2) is 0 Å². The Kier molecular flexibility index (Phi) is 21.6. The van der Waals surface area contributed by atoms with Crippen molar-refractivity contribution < 1.29 is 47.5 Å². The second kappa shape index (κ2) is 22.5. The van der Waals surface area contributed by atoms with E-state index in [1.807, 2.05) is 27.7 Å². The van der Waals surface area contributed by atoms with Crippen LogP contribution in [0.1, 0.15) is 47.0 Å². The third-order valence-corrected chi connectivity index (χ3v) is 3.68. The quantitative estimate of drug-likeness (QED) is 0.159. The van der Waals surface area contributed by atoms with E-state index in [0.717, 1.165) is 6.42 Å². The number of rotatable bonds is 23. The highest BCUT2D eigenvalue weighted by Gasteiger charge is 2.15. The molecule has 0 aromatic carbocycles. The lowest BCUT2D eigenvalue weighted by Crippen LogP contribution is -2.24. The summed E-state index contributed by atoms with van der Waals surface area (Å²) in [5.41, 5.74) is -0.469. The Morgan fingerprint density at radius 2 is 0.879 bits per heavy atom. The average Bonchev–Trinajstić information content (AvgIpc) is 2.73. The molecular formula is C23H44O10. The summed E-state index contributed by atoms with van der Waals surface area (Å²) >= 11 is 0. The highest BCUT2D eigenvalue weighted by Crippen LogP contribution is 2.08. The fraction of sp³-hybridized carbons (Fsp3) is 0.913. The van der Waals surface area contributed by atoms with Gasteiger partial charge in [-0.2, -0.15) is 0 Å². The minimum absolute atomic E-state index is 0.190. The van der Waals surface area contributed by atoms with Crippen molar-refractivity contribution in [3.8, 4) is 0 Å². The van der Waals surface area contributed by atoms with E-state index in [-0.39, 0.29) is 25.0 Å². The molecule has 0 aliphatic rings. The fourth-order valence-corrected chi connectivity index (χ4v) is 2.24. The molecule has 0 saturated carbocycles. The van der Waals surface area contributed by atoms with Crippen LogP contribution in [0, 0.1) is 0 Å². The molecule has 0 N–H and O–H groups in total. The summed E-state index contributed by atoms with van der Waals surface area (Å²) in [5.74, 6) is -0.456. The van der Waals surface area contributed by atoms with Crippen molar-refractivity contribution in [2.24, 2.45) is 0 Å². The molecule has 33 heavy (non-hydrogen) atoms. The maximum absolute atomic E-state index is 11.5. The van der Waals surface area contributed by atoms with Gasteiger partial charge >= 0.3 is 11.9 Å². The molecule has 0 aromatic heterocycles. The van der Waals surface area contributed by atoms with Crippen molar-refractivity contribution in [3.63, 3.8) is 0 Å². The summed E-state index contributed by atoms with van der Waals surface area (Å²) in [7, 11) is 0. The van der Waals surface area contributed by atoms with Crippen LogP contribution in [0.2, 0.25) is 0 Å². The number of hydrogen-bond acceptors (Lipinski definition) is 10. The Labute approximate surface area is 198 Å². The Morgan fingerprint density at radius 3 is 1.24 bits per heavy atom. The van der Waals surface area contributed by atoms with Gasteiger partial charge in [-0.1, -0.05) is 6.92 Å². The maximum Gasteiger partial charge on any atom is 0.308 e. The van der Waals surface area contributed by atoms with E-state index in [1.54, 1.807) is 0 Å². The molecule has 0 heterocycles. The zero-order valence-corrected chi connectivity index (χ0v) is 20.9. The zero-order chi connectivity index (χ0) is 24.6. The first kappa shape index (κ1) is 31.7. The second-order valence-corrected chi connectivity index (χ2v) is 7.98. The number of carbonyl (C=O) groups excluding carboxylic acids is 2. The van der Waals surface area contributed by atoms with Gasteiger partial charge in [-0.25, -0.2) is 0 Å². The smallest absolute Gasteiger partial charge is 0.308 e. The van der Waals surface area contributed by atoms with Crippen molar-refractivity contribution in [1.82, 2.24) is 0 Å². The van der Waals surface area contributed by atoms with E-state index >= 15 is 0 Å². The van der Waals surface area contributed by atoms with Crippen molar-refractivity contribution in [2.75, 3.05) is 85.9 Å². The van der Waals surface area contributed by atoms with Crippen LogP contribution in [0.3, 0.4) is 0 Å². The van der Waals surface area contributed by atoms with Crippen LogP contribution in [-0.4, -0.2) is 103 Å². The van der Waals surface area contributed by atoms with Gasteiger partial charge in [-0.05, 0) is 27.2 Å². The van der Waals surface area contributed by atoms with Crippen molar-refractivity contribution >= 4 is 11.9 Å². The number of hydrogen-bond donors (Lipinski definition) is 0. The molecule has 0 rings (SSSR count). The maximum atomic E-state index is 11.5. The summed E-state index contributed by atoms with van der Waals surface area (Å²) in [5, 5.41) is 0. The van der Waals surface area contributed by atoms with Crippen molar-refractivity contribution in [3.05, 3.63) is 0 Å². The van der Waals surface area contributed by atoms with Crippen LogP contribution >= 0.6 is 0 Å². The SMILES string of the molecule is CCCC(=O)OCCOCCOCCOCCOCCOCCOCCC(=O)OC(C)(C)C. The van der Waals surface area contributed by atoms with Gasteiger partial charge in [0.05, 0.1) is 85.7 Å². The topological polar surface area (TPSA) is 108 Å². The largest absolute Gasteiger partial charge is 0.463 e. The Bertz CT molecular complexity index is 465. The predicted octanol–water partition coefficient (Wildman–Crippen LogP) is 2.16. The highest BCUT2D eigenvalue weighted by atomic mass is 16.6. The van der Waals surface area contributed by atoms with Gasteiger partial charge in [0.1, 0.15) is 12.2 Å². The third-order valence-electron chi connectivity index (χ3n) is 3.68. The van der Waals surface area contributed by atoms with E-state index in [9.17, 15) is 9.59 Å². The molecule has 0 fully saturated rings. The lowest BCUT2D eigenvalue weighted by molar-refractivity contribution is -0.156. The first-order chi connectivity index (χ1) is 15.8. The predicted molar refractivity (Wildman–Crippen MR) is 121 cm³/mol. The first-order valence-corrected chi connectivity index (χ1v) is 11.7. The molecule has 0 unspecified atom stereocenters. The Morgan fingerprint density at radius 1 is 0.515 bits per heavy atom. The van der Waals surface area contributed by atoms with Crippen LogP contribution < -0.4 is 0 Å². The van der Waals surface area contributed by atoms with Gasteiger partial charge in [0.25, 0.3) is 0 Å². The number of ether oxygens (including phenoxy) is 8. The van der Waals surface area contributed by atoms with Crippen LogP contribution in [0.4, 0.5) is 0 Å². The van der Waals surface area contributed by atoms with Crippen LogP contribution in [-0.2, 0) is 47.5 Å². The molecule has 0 saturated heterocycles. The van der Waals surface area contributed by atoms with Gasteiger partial charge < -0.3 is 37.9 Å². The van der Waals surface area contributed by atoms with Crippen molar-refractivity contribution in [2.45, 2.75) is 52.6 Å². The van der Waals surface area contributed by atoms with E-state index in [2.05, 4.69) is 0 Å². The summed E-state index contributed by atoms with van der Waals surface area (Å²) < 4.78 is 42.4. The first-order valence-electron chi connectivity index (χ1n) is 11.7. The Hall–Kier alpha value is -1.30. The number of carbonyl (C=O) groups is 2. The van der Waals surface area contributed by atoms with Gasteiger partial charge in [0, 0.05) is 6.42 Å². The fourth-order valence-electron chi connectivity index (χ4n) is 2.24. The second-order valence-electron chi connectivity index (χ2n) is 7.98. The molecule has 0 bridgehead atoms. The molecular weight excluding hydrogens is 436 g/mol. The van der Waals surface area contributed by atoms with Crippen LogP contribution in [0.15, 0.2) is 0 Å². The van der Waals surface area contributed by atoms with E-state index in [1.165, 1.54) is 0 Å². The molecule has 0 aliphatic carbocycles. The Balaban J connectivity index is 3.14. The van der Waals surface area contributed by atoms with Crippen LogP contribution in [0.5, 0.6) is 0 Å². The minimum Gasteiger partial charge on any atom is -0.463 e. The lowest BCUT2D eigenvalue weighted by Gasteiger charge is -2.19. The monoisotopic (exact) mass is 480 g/mol. The third kappa shape index (κ3) is 26.8. The molecule has 0 spiro atoms.